The van der Waals surface area contributed by atoms with Crippen LogP contribution in [0.25, 0.3) is 11.0 Å². The number of imidazole rings is 1. The summed E-state index contributed by atoms with van der Waals surface area (Å²) in [5.74, 6) is 2.42. The Labute approximate surface area is 191 Å². The van der Waals surface area contributed by atoms with E-state index in [-0.39, 0.29) is 5.91 Å². The maximum absolute atomic E-state index is 12.6. The summed E-state index contributed by atoms with van der Waals surface area (Å²) in [6.07, 6.45) is 2.16. The number of hydrazone groups is 1. The Morgan fingerprint density at radius 3 is 2.58 bits per heavy atom. The molecule has 8 nitrogen and oxygen atoms in total. The van der Waals surface area contributed by atoms with E-state index in [0.29, 0.717) is 29.0 Å². The number of methoxy groups -OCH3 is 3. The van der Waals surface area contributed by atoms with E-state index in [0.717, 1.165) is 28.2 Å². The quantitative estimate of drug-likeness (QED) is 0.317. The van der Waals surface area contributed by atoms with Gasteiger partial charge in [-0.3, -0.25) is 4.79 Å². The van der Waals surface area contributed by atoms with Crippen molar-refractivity contribution < 1.29 is 19.0 Å². The number of fused-ring (bicyclic) bond motifs is 1. The average molecular weight is 444 g/mol. The van der Waals surface area contributed by atoms with Gasteiger partial charge in [-0.15, -0.1) is 0 Å². The summed E-state index contributed by atoms with van der Waals surface area (Å²) >= 11 is 0. The van der Waals surface area contributed by atoms with E-state index in [1.54, 1.807) is 39.5 Å². The number of carbonyl (C=O) groups excluding carboxylic acids is 1. The van der Waals surface area contributed by atoms with Gasteiger partial charge < -0.3 is 19.2 Å². The van der Waals surface area contributed by atoms with Crippen molar-refractivity contribution in [3.05, 3.63) is 83.2 Å². The minimum atomic E-state index is -0.332. The molecule has 1 amide bonds. The van der Waals surface area contributed by atoms with Crippen molar-refractivity contribution in [3.8, 4) is 17.2 Å². The topological polar surface area (TPSA) is 97.8 Å². The highest BCUT2D eigenvalue weighted by Gasteiger charge is 2.10. The van der Waals surface area contributed by atoms with Crippen molar-refractivity contribution >= 4 is 23.2 Å². The first kappa shape index (κ1) is 21.9. The lowest BCUT2D eigenvalue weighted by Crippen LogP contribution is -2.17. The molecule has 0 aliphatic carbocycles. The molecule has 168 valence electrons. The number of nitrogens with one attached hydrogen (secondary N) is 2. The molecule has 0 radical (unpaired) electrons. The van der Waals surface area contributed by atoms with Crippen LogP contribution in [0.3, 0.4) is 0 Å². The van der Waals surface area contributed by atoms with Gasteiger partial charge in [0.25, 0.3) is 5.91 Å². The van der Waals surface area contributed by atoms with Crippen molar-refractivity contribution in [3.63, 3.8) is 0 Å². The van der Waals surface area contributed by atoms with Crippen LogP contribution in [-0.4, -0.2) is 43.4 Å². The summed E-state index contributed by atoms with van der Waals surface area (Å²) < 4.78 is 15.8. The second-order valence-corrected chi connectivity index (χ2v) is 7.22. The Hall–Kier alpha value is -4.33. The Bertz CT molecular complexity index is 1300. The Morgan fingerprint density at radius 2 is 1.85 bits per heavy atom. The number of carbonyl (C=O) groups is 1. The molecular weight excluding hydrogens is 420 g/mol. The Morgan fingerprint density at radius 1 is 1.03 bits per heavy atom. The second-order valence-electron chi connectivity index (χ2n) is 7.22. The fourth-order valence-electron chi connectivity index (χ4n) is 3.46. The number of para-hydroxylation sites is 1. The van der Waals surface area contributed by atoms with Gasteiger partial charge in [-0.2, -0.15) is 5.10 Å². The lowest BCUT2D eigenvalue weighted by atomic mass is 10.1. The summed E-state index contributed by atoms with van der Waals surface area (Å²) in [7, 11) is 4.76. The lowest BCUT2D eigenvalue weighted by molar-refractivity contribution is 0.0955. The van der Waals surface area contributed by atoms with Crippen LogP contribution in [0, 0.1) is 0 Å². The molecule has 4 aromatic rings. The van der Waals surface area contributed by atoms with Crippen LogP contribution >= 0.6 is 0 Å². The standard InChI is InChI=1S/C25H24N4O4/c1-31-19-10-7-16(8-11-19)13-23-27-20-12-9-17(14-21(20)28-23)25(30)29-26-15-18-5-4-6-22(32-2)24(18)33-3/h4-12,14-15H,13H2,1-3H3,(H,27,28)(H,29,30)/b26-15-. The number of nitrogens with zero attached hydrogens (tertiary/aromatic N) is 2. The van der Waals surface area contributed by atoms with Crippen LogP contribution in [0.4, 0.5) is 0 Å². The highest BCUT2D eigenvalue weighted by atomic mass is 16.5. The number of hydrogen-bond donors (Lipinski definition) is 2. The third-order valence-electron chi connectivity index (χ3n) is 5.13. The van der Waals surface area contributed by atoms with Crippen molar-refractivity contribution in [2.45, 2.75) is 6.42 Å². The van der Waals surface area contributed by atoms with E-state index in [4.69, 9.17) is 14.2 Å². The summed E-state index contributed by atoms with van der Waals surface area (Å²) in [6.45, 7) is 0. The molecule has 0 spiro atoms. The molecule has 1 aromatic heterocycles. The first-order valence-corrected chi connectivity index (χ1v) is 10.3. The molecule has 0 aliphatic heterocycles. The molecule has 1 heterocycles. The number of rotatable bonds is 8. The first-order chi connectivity index (χ1) is 16.1. The lowest BCUT2D eigenvalue weighted by Gasteiger charge is -2.09. The van der Waals surface area contributed by atoms with Crippen molar-refractivity contribution in [1.29, 1.82) is 0 Å². The van der Waals surface area contributed by atoms with Gasteiger partial charge in [0.2, 0.25) is 0 Å². The van der Waals surface area contributed by atoms with Crippen LogP contribution in [0.15, 0.2) is 65.8 Å². The highest BCUT2D eigenvalue weighted by molar-refractivity contribution is 5.98. The van der Waals surface area contributed by atoms with Gasteiger partial charge in [-0.05, 0) is 48.0 Å². The van der Waals surface area contributed by atoms with Gasteiger partial charge >= 0.3 is 0 Å². The average Bonchev–Trinajstić information content (AvgIpc) is 3.25. The van der Waals surface area contributed by atoms with E-state index in [2.05, 4.69) is 20.5 Å². The molecule has 8 heteroatoms. The van der Waals surface area contributed by atoms with Gasteiger partial charge in [0.15, 0.2) is 11.5 Å². The van der Waals surface area contributed by atoms with Gasteiger partial charge in [-0.25, -0.2) is 10.4 Å². The summed E-state index contributed by atoms with van der Waals surface area (Å²) in [4.78, 5) is 20.5. The predicted molar refractivity (Wildman–Crippen MR) is 126 cm³/mol. The van der Waals surface area contributed by atoms with Gasteiger partial charge in [-0.1, -0.05) is 18.2 Å². The van der Waals surface area contributed by atoms with Crippen LogP contribution in [-0.2, 0) is 6.42 Å². The summed E-state index contributed by atoms with van der Waals surface area (Å²) in [5, 5.41) is 4.06. The molecule has 0 unspecified atom stereocenters. The number of hydrogen-bond acceptors (Lipinski definition) is 6. The molecule has 0 bridgehead atoms. The fraction of sp³-hybridized carbons (Fsp3) is 0.160. The number of benzene rings is 3. The number of H-pyrrole nitrogens is 1. The fourth-order valence-corrected chi connectivity index (χ4v) is 3.46. The van der Waals surface area contributed by atoms with Crippen molar-refractivity contribution in [1.82, 2.24) is 15.4 Å². The smallest absolute Gasteiger partial charge is 0.271 e. The SMILES string of the molecule is COc1ccc(Cc2nc3ccc(C(=O)N/N=C\c4cccc(OC)c4OC)cc3[nH]2)cc1. The molecule has 3 aromatic carbocycles. The third-order valence-corrected chi connectivity index (χ3v) is 5.13. The monoisotopic (exact) mass is 444 g/mol. The maximum Gasteiger partial charge on any atom is 0.271 e. The molecule has 4 rings (SSSR count). The predicted octanol–water partition coefficient (Wildman–Crippen LogP) is 3.94. The molecule has 33 heavy (non-hydrogen) atoms. The zero-order valence-electron chi connectivity index (χ0n) is 18.6. The molecule has 0 aliphatic rings. The second kappa shape index (κ2) is 9.86. The van der Waals surface area contributed by atoms with Crippen molar-refractivity contribution in [2.75, 3.05) is 21.3 Å². The largest absolute Gasteiger partial charge is 0.497 e. The molecule has 0 saturated carbocycles. The van der Waals surface area contributed by atoms with E-state index >= 15 is 0 Å². The third kappa shape index (κ3) is 4.95. The minimum absolute atomic E-state index is 0.332. The number of aromatic nitrogens is 2. The van der Waals surface area contributed by atoms with Gasteiger partial charge in [0.05, 0.1) is 38.6 Å². The molecular formula is C25H24N4O4. The normalized spacial score (nSPS) is 11.0. The number of amides is 1. The van der Waals surface area contributed by atoms with Crippen LogP contribution in [0.1, 0.15) is 27.3 Å². The van der Waals surface area contributed by atoms with E-state index in [9.17, 15) is 4.79 Å². The van der Waals surface area contributed by atoms with Crippen LogP contribution in [0.5, 0.6) is 17.2 Å². The molecule has 0 atom stereocenters. The Balaban J connectivity index is 1.46. The zero-order valence-corrected chi connectivity index (χ0v) is 18.6. The molecule has 0 fully saturated rings. The van der Waals surface area contributed by atoms with E-state index in [1.807, 2.05) is 42.5 Å². The molecule has 2 N–H and O–H groups in total. The maximum atomic E-state index is 12.6. The van der Waals surface area contributed by atoms with E-state index in [1.165, 1.54) is 6.21 Å². The Kier molecular flexibility index (Phi) is 6.54. The number of ether oxygens (including phenoxy) is 3. The summed E-state index contributed by atoms with van der Waals surface area (Å²) in [5.41, 5.74) is 6.38. The van der Waals surface area contributed by atoms with Gasteiger partial charge in [0.1, 0.15) is 11.6 Å². The first-order valence-electron chi connectivity index (χ1n) is 10.3. The summed E-state index contributed by atoms with van der Waals surface area (Å²) in [6, 6.07) is 18.6. The van der Waals surface area contributed by atoms with Crippen LogP contribution < -0.4 is 19.6 Å². The van der Waals surface area contributed by atoms with E-state index < -0.39 is 0 Å². The molecule has 0 saturated heterocycles. The van der Waals surface area contributed by atoms with Gasteiger partial charge in [0, 0.05) is 17.5 Å². The number of aromatic amines is 1. The van der Waals surface area contributed by atoms with Crippen molar-refractivity contribution in [2.24, 2.45) is 5.10 Å². The minimum Gasteiger partial charge on any atom is -0.497 e. The zero-order chi connectivity index (χ0) is 23.2. The van der Waals surface area contributed by atoms with Crippen LogP contribution in [0.2, 0.25) is 0 Å². The highest BCUT2D eigenvalue weighted by Crippen LogP contribution is 2.29.